The molecule has 0 unspecified atom stereocenters. The van der Waals surface area contributed by atoms with Gasteiger partial charge in [0.15, 0.2) is 5.13 Å². The molecule has 0 atom stereocenters. The average Bonchev–Trinajstić information content (AvgIpc) is 3.04. The summed E-state index contributed by atoms with van der Waals surface area (Å²) in [5, 5.41) is 3.86. The summed E-state index contributed by atoms with van der Waals surface area (Å²) in [6.07, 6.45) is 3.37. The van der Waals surface area contributed by atoms with Gasteiger partial charge in [-0.25, -0.2) is 4.98 Å². The highest BCUT2D eigenvalue weighted by Crippen LogP contribution is 2.31. The highest BCUT2D eigenvalue weighted by atomic mass is 35.5. The van der Waals surface area contributed by atoms with Crippen LogP contribution in [0.15, 0.2) is 29.6 Å². The lowest BCUT2D eigenvalue weighted by Gasteiger charge is -2.38. The number of benzene rings is 1. The number of hydrogen-bond donors (Lipinski definition) is 0. The molecule has 1 saturated heterocycles. The molecule has 1 aromatic heterocycles. The molecule has 0 spiro atoms. The lowest BCUT2D eigenvalue weighted by molar-refractivity contribution is -0.138. The van der Waals surface area contributed by atoms with Gasteiger partial charge in [0.25, 0.3) is 0 Å². The maximum atomic E-state index is 12.3. The molecule has 1 aliphatic heterocycles. The Morgan fingerprint density at radius 1 is 1.12 bits per heavy atom. The topological polar surface area (TPSA) is 36.4 Å². The van der Waals surface area contributed by atoms with Gasteiger partial charge in [0.1, 0.15) is 0 Å². The Morgan fingerprint density at radius 3 is 2.46 bits per heavy atom. The fourth-order valence-corrected chi connectivity index (χ4v) is 4.21. The third kappa shape index (κ3) is 3.15. The highest BCUT2D eigenvalue weighted by molar-refractivity contribution is 7.14. The van der Waals surface area contributed by atoms with Gasteiger partial charge in [-0.05, 0) is 25.0 Å². The maximum absolute atomic E-state index is 12.3. The quantitative estimate of drug-likeness (QED) is 0.831. The zero-order valence-corrected chi connectivity index (χ0v) is 15.0. The minimum Gasteiger partial charge on any atom is -0.345 e. The molecule has 2 aromatic rings. The maximum Gasteiger partial charge on any atom is 0.225 e. The summed E-state index contributed by atoms with van der Waals surface area (Å²) in [6, 6.07) is 7.77. The van der Waals surface area contributed by atoms with Gasteiger partial charge in [-0.2, -0.15) is 0 Å². The summed E-state index contributed by atoms with van der Waals surface area (Å²) in [7, 11) is 0. The van der Waals surface area contributed by atoms with E-state index in [0.29, 0.717) is 11.8 Å². The van der Waals surface area contributed by atoms with Gasteiger partial charge in [0.2, 0.25) is 5.91 Å². The first-order valence-electron chi connectivity index (χ1n) is 8.46. The van der Waals surface area contributed by atoms with Gasteiger partial charge >= 0.3 is 0 Å². The second-order valence-electron chi connectivity index (χ2n) is 6.46. The van der Waals surface area contributed by atoms with Crippen LogP contribution in [0.25, 0.3) is 11.3 Å². The lowest BCUT2D eigenvalue weighted by atomic mass is 9.84. The van der Waals surface area contributed by atoms with E-state index >= 15 is 0 Å². The van der Waals surface area contributed by atoms with E-state index in [9.17, 15) is 4.79 Å². The van der Waals surface area contributed by atoms with Crippen molar-refractivity contribution in [2.75, 3.05) is 31.1 Å². The third-order valence-corrected chi connectivity index (χ3v) is 6.10. The van der Waals surface area contributed by atoms with E-state index < -0.39 is 0 Å². The minimum atomic E-state index is 0.299. The second kappa shape index (κ2) is 6.73. The number of anilines is 1. The Morgan fingerprint density at radius 2 is 1.83 bits per heavy atom. The number of nitrogens with zero attached hydrogens (tertiary/aromatic N) is 3. The molecule has 1 aromatic carbocycles. The smallest absolute Gasteiger partial charge is 0.225 e. The molecule has 24 heavy (non-hydrogen) atoms. The SMILES string of the molecule is O=C(C1CCC1)N1CCN(c2nc(-c3ccc(Cl)cc3)cs2)CC1. The number of carbonyl (C=O) groups is 1. The van der Waals surface area contributed by atoms with Crippen LogP contribution in [0.2, 0.25) is 5.02 Å². The minimum absolute atomic E-state index is 0.299. The van der Waals surface area contributed by atoms with Crippen LogP contribution >= 0.6 is 22.9 Å². The number of carbonyl (C=O) groups excluding carboxylic acids is 1. The van der Waals surface area contributed by atoms with Gasteiger partial charge in [-0.15, -0.1) is 11.3 Å². The highest BCUT2D eigenvalue weighted by Gasteiger charge is 2.31. The van der Waals surface area contributed by atoms with Crippen molar-refractivity contribution in [3.63, 3.8) is 0 Å². The van der Waals surface area contributed by atoms with Crippen LogP contribution in [-0.4, -0.2) is 42.0 Å². The Hall–Kier alpha value is -1.59. The molecule has 1 amide bonds. The van der Waals surface area contributed by atoms with Crippen LogP contribution in [-0.2, 0) is 4.79 Å². The Bertz CT molecular complexity index is 718. The first kappa shape index (κ1) is 15.9. The van der Waals surface area contributed by atoms with Crippen LogP contribution in [0.5, 0.6) is 0 Å². The third-order valence-electron chi connectivity index (χ3n) is 4.95. The molecule has 6 heteroatoms. The van der Waals surface area contributed by atoms with Crippen LogP contribution in [0.1, 0.15) is 19.3 Å². The Kier molecular flexibility index (Phi) is 4.46. The van der Waals surface area contributed by atoms with Crippen LogP contribution in [0, 0.1) is 5.92 Å². The van der Waals surface area contributed by atoms with E-state index in [1.54, 1.807) is 11.3 Å². The summed E-state index contributed by atoms with van der Waals surface area (Å²) in [6.45, 7) is 3.36. The molecule has 4 nitrogen and oxygen atoms in total. The summed E-state index contributed by atoms with van der Waals surface area (Å²) in [5.41, 5.74) is 2.07. The first-order valence-corrected chi connectivity index (χ1v) is 9.72. The number of hydrogen-bond acceptors (Lipinski definition) is 4. The van der Waals surface area contributed by atoms with Crippen molar-refractivity contribution >= 4 is 34.0 Å². The van der Waals surface area contributed by atoms with E-state index in [0.717, 1.165) is 60.4 Å². The molecule has 2 heterocycles. The molecule has 4 rings (SSSR count). The normalized spacial score (nSPS) is 18.5. The molecule has 0 radical (unpaired) electrons. The lowest BCUT2D eigenvalue weighted by Crippen LogP contribution is -2.51. The van der Waals surface area contributed by atoms with Gasteiger partial charge in [0, 0.05) is 48.1 Å². The molecule has 0 N–H and O–H groups in total. The van der Waals surface area contributed by atoms with Gasteiger partial charge in [-0.3, -0.25) is 4.79 Å². The number of thiazole rings is 1. The molecular formula is C18H20ClN3OS. The molecule has 1 saturated carbocycles. The van der Waals surface area contributed by atoms with Crippen LogP contribution < -0.4 is 4.90 Å². The van der Waals surface area contributed by atoms with Crippen LogP contribution in [0.3, 0.4) is 0 Å². The van der Waals surface area contributed by atoms with Crippen molar-refractivity contribution in [3.8, 4) is 11.3 Å². The van der Waals surface area contributed by atoms with E-state index in [1.807, 2.05) is 29.2 Å². The van der Waals surface area contributed by atoms with Crippen molar-refractivity contribution in [2.24, 2.45) is 5.92 Å². The molecule has 1 aliphatic carbocycles. The number of rotatable bonds is 3. The molecule has 0 bridgehead atoms. The second-order valence-corrected chi connectivity index (χ2v) is 7.74. The summed E-state index contributed by atoms with van der Waals surface area (Å²) in [5.74, 6) is 0.662. The van der Waals surface area contributed by atoms with Gasteiger partial charge in [0.05, 0.1) is 5.69 Å². The largest absolute Gasteiger partial charge is 0.345 e. The van der Waals surface area contributed by atoms with Crippen LogP contribution in [0.4, 0.5) is 5.13 Å². The molecule has 2 aliphatic rings. The van der Waals surface area contributed by atoms with Gasteiger partial charge in [-0.1, -0.05) is 30.2 Å². The summed E-state index contributed by atoms with van der Waals surface area (Å²) < 4.78 is 0. The fraction of sp³-hybridized carbons (Fsp3) is 0.444. The monoisotopic (exact) mass is 361 g/mol. The summed E-state index contributed by atoms with van der Waals surface area (Å²) >= 11 is 7.61. The van der Waals surface area contributed by atoms with E-state index in [4.69, 9.17) is 16.6 Å². The van der Waals surface area contributed by atoms with Crippen molar-refractivity contribution in [1.29, 1.82) is 0 Å². The predicted octanol–water partition coefficient (Wildman–Crippen LogP) is 3.91. The van der Waals surface area contributed by atoms with Gasteiger partial charge < -0.3 is 9.80 Å². The molecule has 2 fully saturated rings. The standard InChI is InChI=1S/C18H20ClN3OS/c19-15-6-4-13(5-7-15)16-12-24-18(20-16)22-10-8-21(9-11-22)17(23)14-2-1-3-14/h4-7,12,14H,1-3,8-11H2. The van der Waals surface area contributed by atoms with Crippen molar-refractivity contribution < 1.29 is 4.79 Å². The number of aromatic nitrogens is 1. The van der Waals surface area contributed by atoms with E-state index in [2.05, 4.69) is 10.3 Å². The van der Waals surface area contributed by atoms with Crippen molar-refractivity contribution in [2.45, 2.75) is 19.3 Å². The zero-order valence-electron chi connectivity index (χ0n) is 13.4. The average molecular weight is 362 g/mol. The van der Waals surface area contributed by atoms with E-state index in [-0.39, 0.29) is 0 Å². The molecule has 126 valence electrons. The first-order chi connectivity index (χ1) is 11.7. The predicted molar refractivity (Wildman–Crippen MR) is 98.7 cm³/mol. The fourth-order valence-electron chi connectivity index (χ4n) is 3.19. The molecular weight excluding hydrogens is 342 g/mol. The zero-order chi connectivity index (χ0) is 16.5. The number of amides is 1. The Labute approximate surface area is 151 Å². The Balaban J connectivity index is 1.39. The van der Waals surface area contributed by atoms with E-state index in [1.165, 1.54) is 6.42 Å². The van der Waals surface area contributed by atoms with Crippen molar-refractivity contribution in [1.82, 2.24) is 9.88 Å². The number of halogens is 1. The van der Waals surface area contributed by atoms with Crippen molar-refractivity contribution in [3.05, 3.63) is 34.7 Å². The number of piperazine rings is 1. The summed E-state index contributed by atoms with van der Waals surface area (Å²) in [4.78, 5) is 21.4.